The number of rotatable bonds is 4. The Kier molecular flexibility index (Phi) is 3.78. The summed E-state index contributed by atoms with van der Waals surface area (Å²) >= 11 is 1.49. The van der Waals surface area contributed by atoms with Crippen LogP contribution in [0.3, 0.4) is 0 Å². The number of amides is 1. The van der Waals surface area contributed by atoms with E-state index in [-0.39, 0.29) is 5.91 Å². The highest BCUT2D eigenvalue weighted by molar-refractivity contribution is 7.07. The smallest absolute Gasteiger partial charge is 0.251 e. The van der Waals surface area contributed by atoms with E-state index in [1.54, 1.807) is 23.7 Å². The zero-order valence-corrected chi connectivity index (χ0v) is 10.7. The topological polar surface area (TPSA) is 77.2 Å². The second-order valence-corrected chi connectivity index (χ2v) is 4.38. The SMILES string of the molecule is COc1cc(N)cc(C(=O)NCc2cscn2)c1. The average Bonchev–Trinajstić information content (AvgIpc) is 2.88. The molecule has 0 aliphatic carbocycles. The molecule has 0 spiro atoms. The number of benzene rings is 1. The number of carbonyl (C=O) groups is 1. The Morgan fingerprint density at radius 3 is 3.00 bits per heavy atom. The number of hydrogen-bond donors (Lipinski definition) is 2. The molecule has 0 aliphatic heterocycles. The lowest BCUT2D eigenvalue weighted by Crippen LogP contribution is -2.23. The molecule has 0 unspecified atom stereocenters. The molecule has 5 nitrogen and oxygen atoms in total. The van der Waals surface area contributed by atoms with Gasteiger partial charge in [-0.1, -0.05) is 0 Å². The van der Waals surface area contributed by atoms with Crippen LogP contribution in [0, 0.1) is 0 Å². The van der Waals surface area contributed by atoms with Crippen LogP contribution >= 0.6 is 11.3 Å². The van der Waals surface area contributed by atoms with E-state index in [2.05, 4.69) is 10.3 Å². The molecule has 18 heavy (non-hydrogen) atoms. The van der Waals surface area contributed by atoms with Gasteiger partial charge in [-0.3, -0.25) is 4.79 Å². The molecule has 2 rings (SSSR count). The minimum atomic E-state index is -0.200. The van der Waals surface area contributed by atoms with Gasteiger partial charge in [0, 0.05) is 22.7 Å². The number of methoxy groups -OCH3 is 1. The molecule has 1 heterocycles. The fraction of sp³-hybridized carbons (Fsp3) is 0.167. The summed E-state index contributed by atoms with van der Waals surface area (Å²) in [6.07, 6.45) is 0. The van der Waals surface area contributed by atoms with Gasteiger partial charge in [0.05, 0.1) is 24.9 Å². The van der Waals surface area contributed by atoms with Gasteiger partial charge in [-0.05, 0) is 12.1 Å². The maximum Gasteiger partial charge on any atom is 0.251 e. The number of carbonyl (C=O) groups excluding carboxylic acids is 1. The van der Waals surface area contributed by atoms with Crippen molar-refractivity contribution < 1.29 is 9.53 Å². The van der Waals surface area contributed by atoms with Gasteiger partial charge in [0.25, 0.3) is 5.91 Å². The van der Waals surface area contributed by atoms with Crippen molar-refractivity contribution in [1.29, 1.82) is 0 Å². The summed E-state index contributed by atoms with van der Waals surface area (Å²) in [5.74, 6) is 0.363. The van der Waals surface area contributed by atoms with Crippen LogP contribution in [0.15, 0.2) is 29.1 Å². The van der Waals surface area contributed by atoms with Crippen LogP contribution in [0.4, 0.5) is 5.69 Å². The Balaban J connectivity index is 2.06. The number of nitrogens with two attached hydrogens (primary N) is 1. The number of thiazole rings is 1. The van der Waals surface area contributed by atoms with Gasteiger partial charge in [0.15, 0.2) is 0 Å². The first-order valence-electron chi connectivity index (χ1n) is 5.29. The molecule has 0 saturated carbocycles. The monoisotopic (exact) mass is 263 g/mol. The van der Waals surface area contributed by atoms with E-state index in [0.717, 1.165) is 5.69 Å². The Bertz CT molecular complexity index is 540. The van der Waals surface area contributed by atoms with Crippen molar-refractivity contribution in [2.45, 2.75) is 6.54 Å². The van der Waals surface area contributed by atoms with Gasteiger partial charge in [-0.15, -0.1) is 11.3 Å². The maximum atomic E-state index is 11.9. The zero-order chi connectivity index (χ0) is 13.0. The molecule has 94 valence electrons. The van der Waals surface area contributed by atoms with E-state index in [4.69, 9.17) is 10.5 Å². The lowest BCUT2D eigenvalue weighted by molar-refractivity contribution is 0.0950. The van der Waals surface area contributed by atoms with Gasteiger partial charge in [-0.2, -0.15) is 0 Å². The summed E-state index contributed by atoms with van der Waals surface area (Å²) < 4.78 is 5.07. The minimum Gasteiger partial charge on any atom is -0.497 e. The molecular weight excluding hydrogens is 250 g/mol. The lowest BCUT2D eigenvalue weighted by Gasteiger charge is -2.07. The van der Waals surface area contributed by atoms with Crippen LogP contribution in [-0.4, -0.2) is 18.0 Å². The standard InChI is InChI=1S/C12H13N3O2S/c1-17-11-3-8(2-9(13)4-11)12(16)14-5-10-6-18-7-15-10/h2-4,6-7H,5,13H2,1H3,(H,14,16). The largest absolute Gasteiger partial charge is 0.497 e. The first-order valence-corrected chi connectivity index (χ1v) is 6.23. The van der Waals surface area contributed by atoms with E-state index in [9.17, 15) is 4.79 Å². The van der Waals surface area contributed by atoms with E-state index in [1.165, 1.54) is 18.4 Å². The van der Waals surface area contributed by atoms with Crippen molar-refractivity contribution in [2.75, 3.05) is 12.8 Å². The van der Waals surface area contributed by atoms with Gasteiger partial charge in [0.1, 0.15) is 5.75 Å². The van der Waals surface area contributed by atoms with E-state index in [0.29, 0.717) is 23.5 Å². The van der Waals surface area contributed by atoms with Gasteiger partial charge in [-0.25, -0.2) is 4.98 Å². The second kappa shape index (κ2) is 5.50. The summed E-state index contributed by atoms with van der Waals surface area (Å²) in [6.45, 7) is 0.402. The number of aromatic nitrogens is 1. The molecule has 0 aliphatic rings. The summed E-state index contributed by atoms with van der Waals surface area (Å²) in [7, 11) is 1.53. The third-order valence-electron chi connectivity index (χ3n) is 2.34. The number of nitrogens with one attached hydrogen (secondary N) is 1. The van der Waals surface area contributed by atoms with Crippen molar-refractivity contribution in [3.63, 3.8) is 0 Å². The van der Waals surface area contributed by atoms with Crippen molar-refractivity contribution in [3.8, 4) is 5.75 Å². The van der Waals surface area contributed by atoms with Gasteiger partial charge >= 0.3 is 0 Å². The summed E-state index contributed by atoms with van der Waals surface area (Å²) in [5, 5.41) is 4.66. The Hall–Kier alpha value is -2.08. The summed E-state index contributed by atoms with van der Waals surface area (Å²) in [4.78, 5) is 16.0. The number of hydrogen-bond acceptors (Lipinski definition) is 5. The third-order valence-corrected chi connectivity index (χ3v) is 2.98. The van der Waals surface area contributed by atoms with Crippen molar-refractivity contribution >= 4 is 22.9 Å². The normalized spacial score (nSPS) is 10.1. The predicted octanol–water partition coefficient (Wildman–Crippen LogP) is 1.66. The second-order valence-electron chi connectivity index (χ2n) is 3.66. The van der Waals surface area contributed by atoms with Crippen LogP contribution < -0.4 is 15.8 Å². The third kappa shape index (κ3) is 2.98. The molecule has 0 radical (unpaired) electrons. The number of ether oxygens (including phenoxy) is 1. The van der Waals surface area contributed by atoms with Gasteiger partial charge < -0.3 is 15.8 Å². The maximum absolute atomic E-state index is 11.9. The summed E-state index contributed by atoms with van der Waals surface area (Å²) in [5.41, 5.74) is 9.23. The molecule has 3 N–H and O–H groups in total. The highest BCUT2D eigenvalue weighted by Gasteiger charge is 2.08. The highest BCUT2D eigenvalue weighted by Crippen LogP contribution is 2.18. The van der Waals surface area contributed by atoms with Gasteiger partial charge in [0.2, 0.25) is 0 Å². The minimum absolute atomic E-state index is 0.200. The van der Waals surface area contributed by atoms with E-state index >= 15 is 0 Å². The Labute approximate surface area is 109 Å². The van der Waals surface area contributed by atoms with Crippen LogP contribution in [0.5, 0.6) is 5.75 Å². The molecule has 0 saturated heterocycles. The first-order chi connectivity index (χ1) is 8.69. The van der Waals surface area contributed by atoms with E-state index in [1.807, 2.05) is 5.38 Å². The highest BCUT2D eigenvalue weighted by atomic mass is 32.1. The number of nitrogen functional groups attached to an aromatic ring is 1. The van der Waals surface area contributed by atoms with Crippen LogP contribution in [-0.2, 0) is 6.54 Å². The van der Waals surface area contributed by atoms with Crippen LogP contribution in [0.2, 0.25) is 0 Å². The molecule has 1 aromatic heterocycles. The number of anilines is 1. The van der Waals surface area contributed by atoms with Crippen molar-refractivity contribution in [2.24, 2.45) is 0 Å². The zero-order valence-electron chi connectivity index (χ0n) is 9.84. The van der Waals surface area contributed by atoms with Crippen LogP contribution in [0.1, 0.15) is 16.1 Å². The summed E-state index contributed by atoms with van der Waals surface area (Å²) in [6, 6.07) is 4.92. The average molecular weight is 263 g/mol. The predicted molar refractivity (Wildman–Crippen MR) is 70.7 cm³/mol. The fourth-order valence-electron chi connectivity index (χ4n) is 1.47. The molecule has 1 amide bonds. The molecule has 0 atom stereocenters. The lowest BCUT2D eigenvalue weighted by atomic mass is 10.1. The Morgan fingerprint density at radius 1 is 1.50 bits per heavy atom. The van der Waals surface area contributed by atoms with Crippen molar-refractivity contribution in [1.82, 2.24) is 10.3 Å². The number of nitrogens with zero attached hydrogens (tertiary/aromatic N) is 1. The van der Waals surface area contributed by atoms with Crippen LogP contribution in [0.25, 0.3) is 0 Å². The van der Waals surface area contributed by atoms with E-state index < -0.39 is 0 Å². The molecule has 0 bridgehead atoms. The first kappa shape index (κ1) is 12.4. The molecule has 1 aromatic carbocycles. The Morgan fingerprint density at radius 2 is 2.33 bits per heavy atom. The molecule has 0 fully saturated rings. The quantitative estimate of drug-likeness (QED) is 0.822. The molecule has 2 aromatic rings. The molecular formula is C12H13N3O2S. The van der Waals surface area contributed by atoms with Crippen molar-refractivity contribution in [3.05, 3.63) is 40.3 Å². The molecule has 6 heteroatoms. The fourth-order valence-corrected chi connectivity index (χ4v) is 2.03.